The van der Waals surface area contributed by atoms with Gasteiger partial charge in [0, 0.05) is 12.8 Å². The van der Waals surface area contributed by atoms with Crippen molar-refractivity contribution in [2.45, 2.75) is 6.92 Å². The molecule has 16 heavy (non-hydrogen) atoms. The minimum Gasteiger partial charge on any atom is -0.478 e. The van der Waals surface area contributed by atoms with Crippen molar-refractivity contribution >= 4 is 17.7 Å². The number of pyridine rings is 1. The smallest absolute Gasteiger partial charge is 0.339 e. The van der Waals surface area contributed by atoms with Crippen LogP contribution in [0.4, 0.5) is 5.82 Å². The van der Waals surface area contributed by atoms with E-state index in [2.05, 4.69) is 10.3 Å². The molecular formula is C10H12N2O4. The van der Waals surface area contributed by atoms with Gasteiger partial charge < -0.3 is 15.2 Å². The summed E-state index contributed by atoms with van der Waals surface area (Å²) in [4.78, 5) is 25.9. The fraction of sp³-hybridized carbons (Fsp3) is 0.300. The van der Waals surface area contributed by atoms with Gasteiger partial charge in [0.25, 0.3) is 5.91 Å². The highest BCUT2D eigenvalue weighted by atomic mass is 16.5. The maximum atomic E-state index is 11.3. The van der Waals surface area contributed by atoms with Gasteiger partial charge in [0.15, 0.2) is 0 Å². The second kappa shape index (κ2) is 5.82. The Labute approximate surface area is 92.3 Å². The number of amides is 1. The van der Waals surface area contributed by atoms with E-state index in [0.717, 1.165) is 0 Å². The number of hydrogen-bond donors (Lipinski definition) is 2. The van der Waals surface area contributed by atoms with Crippen LogP contribution >= 0.6 is 0 Å². The summed E-state index contributed by atoms with van der Waals surface area (Å²) in [5.41, 5.74) is -0.0488. The molecule has 1 aromatic heterocycles. The van der Waals surface area contributed by atoms with E-state index in [1.165, 1.54) is 18.3 Å². The molecule has 0 fully saturated rings. The Morgan fingerprint density at radius 1 is 1.56 bits per heavy atom. The zero-order valence-corrected chi connectivity index (χ0v) is 8.77. The molecule has 0 aliphatic carbocycles. The Balaban J connectivity index is 2.73. The van der Waals surface area contributed by atoms with Crippen LogP contribution in [0.1, 0.15) is 17.3 Å². The summed E-state index contributed by atoms with van der Waals surface area (Å²) in [6, 6.07) is 2.85. The predicted molar refractivity (Wildman–Crippen MR) is 56.3 cm³/mol. The van der Waals surface area contributed by atoms with Crippen LogP contribution in [0.15, 0.2) is 18.3 Å². The minimum atomic E-state index is -1.14. The number of nitrogens with one attached hydrogen (secondary N) is 1. The largest absolute Gasteiger partial charge is 0.478 e. The molecule has 0 aliphatic heterocycles. The molecule has 0 radical (unpaired) electrons. The van der Waals surface area contributed by atoms with E-state index in [0.29, 0.717) is 6.61 Å². The van der Waals surface area contributed by atoms with Gasteiger partial charge in [0.2, 0.25) is 0 Å². The molecule has 1 rings (SSSR count). The molecule has 6 nitrogen and oxygen atoms in total. The van der Waals surface area contributed by atoms with Crippen LogP contribution in [0, 0.1) is 0 Å². The Morgan fingerprint density at radius 2 is 2.31 bits per heavy atom. The Kier molecular flexibility index (Phi) is 4.41. The lowest BCUT2D eigenvalue weighted by Gasteiger charge is -2.06. The minimum absolute atomic E-state index is 0.0275. The fourth-order valence-electron chi connectivity index (χ4n) is 1.04. The quantitative estimate of drug-likeness (QED) is 0.770. The first-order chi connectivity index (χ1) is 7.65. The zero-order valence-electron chi connectivity index (χ0n) is 8.77. The lowest BCUT2D eigenvalue weighted by molar-refractivity contribution is -0.120. The van der Waals surface area contributed by atoms with E-state index in [9.17, 15) is 9.59 Å². The van der Waals surface area contributed by atoms with Crippen molar-refractivity contribution in [2.75, 3.05) is 18.5 Å². The monoisotopic (exact) mass is 224 g/mol. The number of aromatic carboxylic acids is 1. The lowest BCUT2D eigenvalue weighted by Crippen LogP contribution is -2.20. The summed E-state index contributed by atoms with van der Waals surface area (Å²) in [6.45, 7) is 2.06. The summed E-state index contributed by atoms with van der Waals surface area (Å²) < 4.78 is 4.88. The van der Waals surface area contributed by atoms with E-state index in [-0.39, 0.29) is 18.0 Å². The standard InChI is InChI=1S/C10H12N2O4/c1-2-16-6-8(13)12-9-7(10(14)15)4-3-5-11-9/h3-5H,2,6H2,1H3,(H,14,15)(H,11,12,13). The van der Waals surface area contributed by atoms with Gasteiger partial charge in [0.1, 0.15) is 18.0 Å². The van der Waals surface area contributed by atoms with Gasteiger partial charge in [0.05, 0.1) is 0 Å². The van der Waals surface area contributed by atoms with Crippen molar-refractivity contribution in [1.82, 2.24) is 4.98 Å². The van der Waals surface area contributed by atoms with Gasteiger partial charge in [-0.15, -0.1) is 0 Å². The second-order valence-corrected chi connectivity index (χ2v) is 2.89. The number of carbonyl (C=O) groups excluding carboxylic acids is 1. The second-order valence-electron chi connectivity index (χ2n) is 2.89. The highest BCUT2D eigenvalue weighted by molar-refractivity contribution is 5.99. The first-order valence-corrected chi connectivity index (χ1v) is 4.71. The number of carbonyl (C=O) groups is 2. The van der Waals surface area contributed by atoms with Crippen LogP contribution < -0.4 is 5.32 Å². The van der Waals surface area contributed by atoms with Gasteiger partial charge in [-0.2, -0.15) is 0 Å². The number of carboxylic acids is 1. The van der Waals surface area contributed by atoms with Crippen LogP contribution in [-0.4, -0.2) is 35.2 Å². The molecule has 1 heterocycles. The molecule has 0 aromatic carbocycles. The Bertz CT molecular complexity index is 392. The third-order valence-electron chi connectivity index (χ3n) is 1.73. The van der Waals surface area contributed by atoms with Crippen LogP contribution in [-0.2, 0) is 9.53 Å². The van der Waals surface area contributed by atoms with Gasteiger partial charge in [-0.25, -0.2) is 9.78 Å². The van der Waals surface area contributed by atoms with Crippen molar-refractivity contribution in [3.8, 4) is 0 Å². The third kappa shape index (κ3) is 3.32. The topological polar surface area (TPSA) is 88.5 Å². The molecular weight excluding hydrogens is 212 g/mol. The molecule has 0 spiro atoms. The Morgan fingerprint density at radius 3 is 2.94 bits per heavy atom. The number of carboxylic acid groups (broad SMARTS) is 1. The van der Waals surface area contributed by atoms with Gasteiger partial charge in [-0.1, -0.05) is 0 Å². The number of hydrogen-bond acceptors (Lipinski definition) is 4. The molecule has 0 atom stereocenters. The normalized spacial score (nSPS) is 9.81. The highest BCUT2D eigenvalue weighted by Gasteiger charge is 2.12. The van der Waals surface area contributed by atoms with Gasteiger partial charge in [-0.3, -0.25) is 4.79 Å². The number of ether oxygens (including phenoxy) is 1. The van der Waals surface area contributed by atoms with E-state index in [4.69, 9.17) is 9.84 Å². The molecule has 1 aromatic rings. The SMILES string of the molecule is CCOCC(=O)Nc1ncccc1C(=O)O. The first kappa shape index (κ1) is 12.1. The summed E-state index contributed by atoms with van der Waals surface area (Å²) in [6.07, 6.45) is 1.41. The average molecular weight is 224 g/mol. The molecule has 0 unspecified atom stereocenters. The fourth-order valence-corrected chi connectivity index (χ4v) is 1.04. The van der Waals surface area contributed by atoms with Crippen LogP contribution in [0.2, 0.25) is 0 Å². The van der Waals surface area contributed by atoms with Crippen molar-refractivity contribution in [3.63, 3.8) is 0 Å². The zero-order chi connectivity index (χ0) is 12.0. The highest BCUT2D eigenvalue weighted by Crippen LogP contribution is 2.10. The van der Waals surface area contributed by atoms with Crippen molar-refractivity contribution in [2.24, 2.45) is 0 Å². The third-order valence-corrected chi connectivity index (χ3v) is 1.73. The van der Waals surface area contributed by atoms with Gasteiger partial charge >= 0.3 is 5.97 Å². The van der Waals surface area contributed by atoms with E-state index < -0.39 is 11.9 Å². The summed E-state index contributed by atoms with van der Waals surface area (Å²) in [5.74, 6) is -1.54. The van der Waals surface area contributed by atoms with E-state index in [1.807, 2.05) is 0 Å². The average Bonchev–Trinajstić information content (AvgIpc) is 2.27. The van der Waals surface area contributed by atoms with E-state index in [1.54, 1.807) is 6.92 Å². The molecule has 86 valence electrons. The molecule has 0 saturated carbocycles. The van der Waals surface area contributed by atoms with E-state index >= 15 is 0 Å². The van der Waals surface area contributed by atoms with Crippen molar-refractivity contribution in [1.29, 1.82) is 0 Å². The lowest BCUT2D eigenvalue weighted by atomic mass is 10.2. The van der Waals surface area contributed by atoms with Crippen LogP contribution in [0.25, 0.3) is 0 Å². The summed E-state index contributed by atoms with van der Waals surface area (Å²) in [5, 5.41) is 11.2. The molecule has 0 saturated heterocycles. The van der Waals surface area contributed by atoms with Crippen molar-refractivity contribution < 1.29 is 19.4 Å². The molecule has 2 N–H and O–H groups in total. The van der Waals surface area contributed by atoms with Crippen molar-refractivity contribution in [3.05, 3.63) is 23.9 Å². The number of aromatic nitrogens is 1. The molecule has 0 bridgehead atoms. The number of anilines is 1. The molecule has 0 aliphatic rings. The number of rotatable bonds is 5. The van der Waals surface area contributed by atoms with Crippen LogP contribution in [0.3, 0.4) is 0 Å². The predicted octanol–water partition coefficient (Wildman–Crippen LogP) is 0.755. The first-order valence-electron chi connectivity index (χ1n) is 4.71. The summed E-state index contributed by atoms with van der Waals surface area (Å²) >= 11 is 0. The van der Waals surface area contributed by atoms with Crippen LogP contribution in [0.5, 0.6) is 0 Å². The van der Waals surface area contributed by atoms with Gasteiger partial charge in [-0.05, 0) is 19.1 Å². The molecule has 1 amide bonds. The maximum absolute atomic E-state index is 11.3. The molecule has 6 heteroatoms. The summed E-state index contributed by atoms with van der Waals surface area (Å²) in [7, 11) is 0. The maximum Gasteiger partial charge on any atom is 0.339 e. The number of nitrogens with zero attached hydrogens (tertiary/aromatic N) is 1. The Hall–Kier alpha value is -1.95.